The number of esters is 1. The second-order valence-electron chi connectivity index (χ2n) is 6.92. The average molecular weight is 359 g/mol. The molecule has 7 nitrogen and oxygen atoms in total. The van der Waals surface area contributed by atoms with Gasteiger partial charge in [-0.05, 0) is 44.7 Å². The number of para-hydroxylation sites is 1. The first-order valence-corrected chi connectivity index (χ1v) is 9.15. The van der Waals surface area contributed by atoms with Crippen molar-refractivity contribution in [1.29, 1.82) is 0 Å². The maximum Gasteiger partial charge on any atom is 0.321 e. The van der Waals surface area contributed by atoms with Crippen LogP contribution in [0.1, 0.15) is 32.6 Å². The smallest absolute Gasteiger partial charge is 0.321 e. The summed E-state index contributed by atoms with van der Waals surface area (Å²) in [6, 6.07) is 9.34. The van der Waals surface area contributed by atoms with Crippen LogP contribution in [0.2, 0.25) is 0 Å². The summed E-state index contributed by atoms with van der Waals surface area (Å²) in [5.41, 5.74) is 0.745. The molecule has 2 fully saturated rings. The number of piperidine rings is 1. The van der Waals surface area contributed by atoms with Crippen LogP contribution in [0.25, 0.3) is 0 Å². The molecule has 2 N–H and O–H groups in total. The topological polar surface area (TPSA) is 87.7 Å². The number of anilines is 1. The van der Waals surface area contributed by atoms with Gasteiger partial charge in [-0.3, -0.25) is 9.59 Å². The van der Waals surface area contributed by atoms with E-state index in [1.807, 2.05) is 30.3 Å². The van der Waals surface area contributed by atoms with Crippen LogP contribution in [-0.2, 0) is 14.3 Å². The molecular weight excluding hydrogens is 334 g/mol. The molecule has 1 aliphatic carbocycles. The third-order valence-electron chi connectivity index (χ3n) is 4.73. The number of nitrogens with zero attached hydrogens (tertiary/aromatic N) is 1. The highest BCUT2D eigenvalue weighted by atomic mass is 16.5. The van der Waals surface area contributed by atoms with E-state index in [0.29, 0.717) is 25.9 Å². The molecule has 3 rings (SSSR count). The van der Waals surface area contributed by atoms with Crippen LogP contribution in [0.5, 0.6) is 0 Å². The Kier molecular flexibility index (Phi) is 5.75. The van der Waals surface area contributed by atoms with Gasteiger partial charge in [-0.1, -0.05) is 18.2 Å². The van der Waals surface area contributed by atoms with Gasteiger partial charge in [0.2, 0.25) is 0 Å². The van der Waals surface area contributed by atoms with Crippen molar-refractivity contribution in [3.8, 4) is 0 Å². The molecule has 1 atom stereocenters. The van der Waals surface area contributed by atoms with Crippen LogP contribution < -0.4 is 10.6 Å². The first-order chi connectivity index (χ1) is 12.5. The minimum absolute atomic E-state index is 0.166. The number of urea groups is 1. The van der Waals surface area contributed by atoms with Crippen molar-refractivity contribution in [3.63, 3.8) is 0 Å². The van der Waals surface area contributed by atoms with Crippen molar-refractivity contribution in [2.75, 3.05) is 18.4 Å². The van der Waals surface area contributed by atoms with E-state index < -0.39 is 6.10 Å². The Labute approximate surface area is 153 Å². The standard InChI is InChI=1S/C19H25N3O4/c1-13(17(23)20-16-7-8-16)26-18(24)14-9-11-22(12-10-14)19(25)21-15-5-3-2-4-6-15/h2-6,13-14,16H,7-12H2,1H3,(H,20,23)(H,21,25)/t13-/m1/s1. The lowest BCUT2D eigenvalue weighted by Gasteiger charge is -2.31. The molecule has 0 bridgehead atoms. The number of nitrogens with one attached hydrogen (secondary N) is 2. The second-order valence-corrected chi connectivity index (χ2v) is 6.92. The quantitative estimate of drug-likeness (QED) is 0.789. The van der Waals surface area contributed by atoms with Crippen LogP contribution in [0.3, 0.4) is 0 Å². The van der Waals surface area contributed by atoms with Gasteiger partial charge < -0.3 is 20.3 Å². The fraction of sp³-hybridized carbons (Fsp3) is 0.526. The minimum atomic E-state index is -0.775. The highest BCUT2D eigenvalue weighted by Crippen LogP contribution is 2.21. The summed E-state index contributed by atoms with van der Waals surface area (Å²) in [4.78, 5) is 38.1. The van der Waals surface area contributed by atoms with Gasteiger partial charge in [0.1, 0.15) is 0 Å². The Hall–Kier alpha value is -2.57. The van der Waals surface area contributed by atoms with E-state index in [9.17, 15) is 14.4 Å². The molecule has 26 heavy (non-hydrogen) atoms. The number of carbonyl (C=O) groups excluding carboxylic acids is 3. The monoisotopic (exact) mass is 359 g/mol. The van der Waals surface area contributed by atoms with Crippen LogP contribution in [-0.4, -0.2) is 48.0 Å². The summed E-state index contributed by atoms with van der Waals surface area (Å²) in [6.07, 6.45) is 2.30. The zero-order valence-corrected chi connectivity index (χ0v) is 14.9. The van der Waals surface area contributed by atoms with E-state index in [2.05, 4.69) is 10.6 Å². The van der Waals surface area contributed by atoms with Crippen molar-refractivity contribution in [1.82, 2.24) is 10.2 Å². The lowest BCUT2D eigenvalue weighted by atomic mass is 9.97. The molecule has 1 saturated heterocycles. The average Bonchev–Trinajstić information content (AvgIpc) is 3.46. The molecule has 0 aromatic heterocycles. The molecule has 7 heteroatoms. The van der Waals surface area contributed by atoms with E-state index in [0.717, 1.165) is 18.5 Å². The Morgan fingerprint density at radius 2 is 1.73 bits per heavy atom. The van der Waals surface area contributed by atoms with Crippen molar-refractivity contribution in [3.05, 3.63) is 30.3 Å². The molecule has 1 heterocycles. The van der Waals surface area contributed by atoms with Crippen LogP contribution in [0, 0.1) is 5.92 Å². The molecule has 0 unspecified atom stereocenters. The van der Waals surface area contributed by atoms with Gasteiger partial charge in [-0.25, -0.2) is 4.79 Å². The summed E-state index contributed by atoms with van der Waals surface area (Å²) in [7, 11) is 0. The highest BCUT2D eigenvalue weighted by molar-refractivity contribution is 5.89. The second kappa shape index (κ2) is 8.21. The largest absolute Gasteiger partial charge is 0.452 e. The third kappa shape index (κ3) is 4.97. The van der Waals surface area contributed by atoms with Crippen molar-refractivity contribution in [2.24, 2.45) is 5.92 Å². The molecule has 1 saturated carbocycles. The van der Waals surface area contributed by atoms with E-state index in [4.69, 9.17) is 4.74 Å². The predicted octanol–water partition coefficient (Wildman–Crippen LogP) is 2.14. The van der Waals surface area contributed by atoms with Crippen LogP contribution >= 0.6 is 0 Å². The SMILES string of the molecule is C[C@@H](OC(=O)C1CCN(C(=O)Nc2ccccc2)CC1)C(=O)NC1CC1. The molecule has 1 aromatic rings. The lowest BCUT2D eigenvalue weighted by molar-refractivity contribution is -0.160. The number of likely N-dealkylation sites (tertiary alicyclic amines) is 1. The van der Waals surface area contributed by atoms with Crippen LogP contribution in [0.15, 0.2) is 30.3 Å². The number of ether oxygens (including phenoxy) is 1. The fourth-order valence-electron chi connectivity index (χ4n) is 2.91. The Bertz CT molecular complexity index is 652. The van der Waals surface area contributed by atoms with Crippen molar-refractivity contribution < 1.29 is 19.1 Å². The van der Waals surface area contributed by atoms with E-state index in [-0.39, 0.29) is 29.9 Å². The maximum absolute atomic E-state index is 12.3. The number of hydrogen-bond donors (Lipinski definition) is 2. The molecule has 140 valence electrons. The van der Waals surface area contributed by atoms with Crippen LogP contribution in [0.4, 0.5) is 10.5 Å². The number of rotatable bonds is 5. The molecule has 1 aliphatic heterocycles. The van der Waals surface area contributed by atoms with Gasteiger partial charge in [0, 0.05) is 24.8 Å². The van der Waals surface area contributed by atoms with Gasteiger partial charge in [-0.15, -0.1) is 0 Å². The van der Waals surface area contributed by atoms with Crippen molar-refractivity contribution >= 4 is 23.6 Å². The van der Waals surface area contributed by atoms with Gasteiger partial charge in [0.25, 0.3) is 5.91 Å². The zero-order valence-electron chi connectivity index (χ0n) is 14.9. The van der Waals surface area contributed by atoms with Gasteiger partial charge in [0.05, 0.1) is 5.92 Å². The third-order valence-corrected chi connectivity index (χ3v) is 4.73. The van der Waals surface area contributed by atoms with Gasteiger partial charge in [0.15, 0.2) is 6.10 Å². The number of hydrogen-bond acceptors (Lipinski definition) is 4. The Balaban J connectivity index is 1.41. The maximum atomic E-state index is 12.3. The summed E-state index contributed by atoms with van der Waals surface area (Å²) in [6.45, 7) is 2.57. The molecular formula is C19H25N3O4. The van der Waals surface area contributed by atoms with Crippen molar-refractivity contribution in [2.45, 2.75) is 44.8 Å². The fourth-order valence-corrected chi connectivity index (χ4v) is 2.91. The molecule has 0 radical (unpaired) electrons. The Morgan fingerprint density at radius 3 is 2.35 bits per heavy atom. The molecule has 1 aromatic carbocycles. The Morgan fingerprint density at radius 1 is 1.08 bits per heavy atom. The van der Waals surface area contributed by atoms with E-state index in [1.165, 1.54) is 0 Å². The predicted molar refractivity (Wildman–Crippen MR) is 96.5 cm³/mol. The normalized spacial score (nSPS) is 18.7. The lowest BCUT2D eigenvalue weighted by Crippen LogP contribution is -2.44. The van der Waals surface area contributed by atoms with Gasteiger partial charge in [-0.2, -0.15) is 0 Å². The first kappa shape index (κ1) is 18.2. The highest BCUT2D eigenvalue weighted by Gasteiger charge is 2.32. The zero-order chi connectivity index (χ0) is 18.5. The molecule has 3 amide bonds. The van der Waals surface area contributed by atoms with E-state index >= 15 is 0 Å². The number of benzene rings is 1. The molecule has 2 aliphatic rings. The summed E-state index contributed by atoms with van der Waals surface area (Å²) < 4.78 is 5.30. The minimum Gasteiger partial charge on any atom is -0.452 e. The summed E-state index contributed by atoms with van der Waals surface area (Å²) >= 11 is 0. The van der Waals surface area contributed by atoms with Gasteiger partial charge >= 0.3 is 12.0 Å². The van der Waals surface area contributed by atoms with E-state index in [1.54, 1.807) is 11.8 Å². The number of carbonyl (C=O) groups is 3. The molecule has 0 spiro atoms. The summed E-state index contributed by atoms with van der Waals surface area (Å²) in [5.74, 6) is -0.862. The first-order valence-electron chi connectivity index (χ1n) is 9.15. The summed E-state index contributed by atoms with van der Waals surface area (Å²) in [5, 5.41) is 5.67. The number of amides is 3.